The zero-order valence-electron chi connectivity index (χ0n) is 10.4. The van der Waals surface area contributed by atoms with Crippen molar-refractivity contribution in [3.63, 3.8) is 0 Å². The largest absolute Gasteiger partial charge is 0.319 e. The van der Waals surface area contributed by atoms with E-state index in [0.29, 0.717) is 5.82 Å². The Morgan fingerprint density at radius 2 is 2.18 bits per heavy atom. The second-order valence-corrected chi connectivity index (χ2v) is 4.52. The molecule has 0 aliphatic carbocycles. The third-order valence-electron chi connectivity index (χ3n) is 2.96. The molecule has 0 radical (unpaired) electrons. The van der Waals surface area contributed by atoms with Gasteiger partial charge in [-0.2, -0.15) is 4.68 Å². The Morgan fingerprint density at radius 1 is 1.41 bits per heavy atom. The number of nitrogens with two attached hydrogens (primary N) is 1. The minimum atomic E-state index is -0.521. The molecule has 0 spiro atoms. The van der Waals surface area contributed by atoms with Crippen molar-refractivity contribution in [1.29, 1.82) is 0 Å². The van der Waals surface area contributed by atoms with Crippen LogP contribution in [0.25, 0.3) is 5.69 Å². The van der Waals surface area contributed by atoms with Crippen LogP contribution in [0.5, 0.6) is 0 Å². The number of hydrogen-bond acceptors (Lipinski definition) is 4. The summed E-state index contributed by atoms with van der Waals surface area (Å²) in [5, 5.41) is 11.8. The van der Waals surface area contributed by atoms with Crippen LogP contribution in [0.15, 0.2) is 24.3 Å². The van der Waals surface area contributed by atoms with Gasteiger partial charge < -0.3 is 5.73 Å². The van der Waals surface area contributed by atoms with Crippen molar-refractivity contribution < 1.29 is 0 Å². The van der Waals surface area contributed by atoms with Crippen LogP contribution in [0.1, 0.15) is 31.7 Å². The number of rotatable bonds is 3. The third kappa shape index (κ3) is 2.19. The van der Waals surface area contributed by atoms with Crippen LogP contribution < -0.4 is 5.73 Å². The molecule has 1 aromatic heterocycles. The summed E-state index contributed by atoms with van der Waals surface area (Å²) in [4.78, 5) is 0. The maximum absolute atomic E-state index is 6.19. The van der Waals surface area contributed by atoms with Crippen molar-refractivity contribution in [3.8, 4) is 5.69 Å². The molecule has 0 amide bonds. The molecule has 0 fully saturated rings. The van der Waals surface area contributed by atoms with E-state index in [1.807, 2.05) is 45.0 Å². The Hall–Kier alpha value is -1.75. The first kappa shape index (κ1) is 11.7. The Morgan fingerprint density at radius 3 is 2.82 bits per heavy atom. The molecule has 1 unspecified atom stereocenters. The summed E-state index contributed by atoms with van der Waals surface area (Å²) in [6.07, 6.45) is 0.777. The van der Waals surface area contributed by atoms with Crippen molar-refractivity contribution in [2.75, 3.05) is 0 Å². The van der Waals surface area contributed by atoms with Gasteiger partial charge in [0, 0.05) is 0 Å². The monoisotopic (exact) mass is 231 g/mol. The van der Waals surface area contributed by atoms with Crippen LogP contribution in [0, 0.1) is 6.92 Å². The van der Waals surface area contributed by atoms with Crippen molar-refractivity contribution in [3.05, 3.63) is 35.7 Å². The van der Waals surface area contributed by atoms with Crippen molar-refractivity contribution >= 4 is 0 Å². The van der Waals surface area contributed by atoms with E-state index in [1.54, 1.807) is 4.68 Å². The normalized spacial score (nSPS) is 14.6. The van der Waals surface area contributed by atoms with Crippen LogP contribution in [-0.4, -0.2) is 20.2 Å². The van der Waals surface area contributed by atoms with Gasteiger partial charge >= 0.3 is 0 Å². The standard InChI is InChI=1S/C12H17N5/c1-4-12(3,13)11-14-15-16-17(11)10-7-5-6-9(2)8-10/h5-8H,4,13H2,1-3H3. The van der Waals surface area contributed by atoms with Gasteiger partial charge in [0.25, 0.3) is 0 Å². The lowest BCUT2D eigenvalue weighted by Crippen LogP contribution is -2.35. The zero-order valence-corrected chi connectivity index (χ0v) is 10.4. The molecule has 0 saturated carbocycles. The molecule has 2 aromatic rings. The molecule has 1 aromatic carbocycles. The zero-order chi connectivity index (χ0) is 12.5. The van der Waals surface area contributed by atoms with Gasteiger partial charge in [0.1, 0.15) is 0 Å². The molecular formula is C12H17N5. The first-order valence-corrected chi connectivity index (χ1v) is 5.69. The summed E-state index contributed by atoms with van der Waals surface area (Å²) in [6.45, 7) is 6.00. The summed E-state index contributed by atoms with van der Waals surface area (Å²) in [5.74, 6) is 0.686. The van der Waals surface area contributed by atoms with E-state index in [-0.39, 0.29) is 0 Å². The number of nitrogens with zero attached hydrogens (tertiary/aromatic N) is 4. The highest BCUT2D eigenvalue weighted by Gasteiger charge is 2.26. The van der Waals surface area contributed by atoms with Gasteiger partial charge in [0.2, 0.25) is 0 Å². The minimum Gasteiger partial charge on any atom is -0.319 e. The molecule has 90 valence electrons. The molecule has 0 bridgehead atoms. The fraction of sp³-hybridized carbons (Fsp3) is 0.417. The number of aromatic nitrogens is 4. The predicted molar refractivity (Wildman–Crippen MR) is 65.7 cm³/mol. The molecule has 17 heavy (non-hydrogen) atoms. The van der Waals surface area contributed by atoms with Gasteiger partial charge in [-0.05, 0) is 48.4 Å². The highest BCUT2D eigenvalue weighted by Crippen LogP contribution is 2.21. The Kier molecular flexibility index (Phi) is 2.93. The summed E-state index contributed by atoms with van der Waals surface area (Å²) in [7, 11) is 0. The van der Waals surface area contributed by atoms with Gasteiger partial charge in [0.15, 0.2) is 5.82 Å². The average molecular weight is 231 g/mol. The molecule has 1 atom stereocenters. The van der Waals surface area contributed by atoms with Gasteiger partial charge in [-0.1, -0.05) is 19.1 Å². The Balaban J connectivity index is 2.51. The number of tetrazole rings is 1. The van der Waals surface area contributed by atoms with Crippen molar-refractivity contribution in [2.24, 2.45) is 5.73 Å². The van der Waals surface area contributed by atoms with Gasteiger partial charge in [-0.15, -0.1) is 5.10 Å². The maximum atomic E-state index is 6.19. The Bertz CT molecular complexity index is 515. The molecule has 0 saturated heterocycles. The quantitative estimate of drug-likeness (QED) is 0.870. The Labute approximate surface area is 101 Å². The number of hydrogen-bond donors (Lipinski definition) is 1. The third-order valence-corrected chi connectivity index (χ3v) is 2.96. The average Bonchev–Trinajstić information content (AvgIpc) is 2.78. The van der Waals surface area contributed by atoms with Gasteiger partial charge in [-0.25, -0.2) is 0 Å². The summed E-state index contributed by atoms with van der Waals surface area (Å²) in [6, 6.07) is 8.02. The van der Waals surface area contributed by atoms with Crippen LogP contribution in [0.4, 0.5) is 0 Å². The second-order valence-electron chi connectivity index (χ2n) is 4.52. The molecule has 2 rings (SSSR count). The predicted octanol–water partition coefficient (Wildman–Crippen LogP) is 1.55. The van der Waals surface area contributed by atoms with E-state index < -0.39 is 5.54 Å². The van der Waals surface area contributed by atoms with E-state index in [9.17, 15) is 0 Å². The lowest BCUT2D eigenvalue weighted by molar-refractivity contribution is 0.433. The van der Waals surface area contributed by atoms with E-state index in [0.717, 1.165) is 12.1 Å². The molecule has 0 aliphatic rings. The molecule has 0 aliphatic heterocycles. The van der Waals surface area contributed by atoms with Crippen LogP contribution >= 0.6 is 0 Å². The maximum Gasteiger partial charge on any atom is 0.176 e. The highest BCUT2D eigenvalue weighted by atomic mass is 15.5. The van der Waals surface area contributed by atoms with Crippen molar-refractivity contribution in [1.82, 2.24) is 20.2 Å². The molecule has 1 heterocycles. The van der Waals surface area contributed by atoms with Crippen LogP contribution in [0.2, 0.25) is 0 Å². The molecular weight excluding hydrogens is 214 g/mol. The summed E-state index contributed by atoms with van der Waals surface area (Å²) < 4.78 is 1.70. The summed E-state index contributed by atoms with van der Waals surface area (Å²) in [5.41, 5.74) is 7.78. The van der Waals surface area contributed by atoms with Crippen LogP contribution in [0.3, 0.4) is 0 Å². The smallest absolute Gasteiger partial charge is 0.176 e. The minimum absolute atomic E-state index is 0.521. The fourth-order valence-corrected chi connectivity index (χ4v) is 1.63. The molecule has 5 heteroatoms. The van der Waals surface area contributed by atoms with E-state index >= 15 is 0 Å². The van der Waals surface area contributed by atoms with Gasteiger partial charge in [0.05, 0.1) is 11.2 Å². The SMILES string of the molecule is CCC(C)(N)c1nnnn1-c1cccc(C)c1. The molecule has 5 nitrogen and oxygen atoms in total. The lowest BCUT2D eigenvalue weighted by Gasteiger charge is -2.21. The molecule has 2 N–H and O–H groups in total. The highest BCUT2D eigenvalue weighted by molar-refractivity contribution is 5.35. The van der Waals surface area contributed by atoms with E-state index in [1.165, 1.54) is 5.56 Å². The number of aryl methyl sites for hydroxylation is 1. The first-order valence-electron chi connectivity index (χ1n) is 5.69. The first-order chi connectivity index (χ1) is 8.04. The van der Waals surface area contributed by atoms with E-state index in [4.69, 9.17) is 5.73 Å². The van der Waals surface area contributed by atoms with Crippen molar-refractivity contribution in [2.45, 2.75) is 32.7 Å². The topological polar surface area (TPSA) is 69.6 Å². The van der Waals surface area contributed by atoms with Gasteiger partial charge in [-0.3, -0.25) is 0 Å². The van der Waals surface area contributed by atoms with E-state index in [2.05, 4.69) is 15.5 Å². The summed E-state index contributed by atoms with van der Waals surface area (Å²) >= 11 is 0. The number of benzene rings is 1. The lowest BCUT2D eigenvalue weighted by atomic mass is 9.99. The second kappa shape index (κ2) is 4.25. The fourth-order valence-electron chi connectivity index (χ4n) is 1.63. The van der Waals surface area contributed by atoms with Crippen LogP contribution in [-0.2, 0) is 5.54 Å².